The molecule has 10 heavy (non-hydrogen) atoms. The number of hydrogen-bond acceptors (Lipinski definition) is 2. The van der Waals surface area contributed by atoms with Crippen LogP contribution in [0.15, 0.2) is 35.0 Å². The average Bonchev–Trinajstić information content (AvgIpc) is 2.27. The topological polar surface area (TPSA) is 37.5 Å². The van der Waals surface area contributed by atoms with Gasteiger partial charge < -0.3 is 9.52 Å². The van der Waals surface area contributed by atoms with E-state index in [2.05, 4.69) is 0 Å². The summed E-state index contributed by atoms with van der Waals surface area (Å²) in [5.41, 5.74) is 0.639. The van der Waals surface area contributed by atoms with Crippen LogP contribution >= 0.6 is 0 Å². The lowest BCUT2D eigenvalue weighted by Crippen LogP contribution is -2.15. The quantitative estimate of drug-likeness (QED) is 0.542. The fourth-order valence-corrected chi connectivity index (χ4v) is 0.886. The molecule has 0 saturated heterocycles. The molecule has 0 fully saturated rings. The minimum Gasteiger partial charge on any atom is -0.476 e. The Hall–Kier alpha value is -1.51. The largest absolute Gasteiger partial charge is 0.476 e. The van der Waals surface area contributed by atoms with Crippen LogP contribution in [0.3, 0.4) is 0 Å². The van der Waals surface area contributed by atoms with Crippen LogP contribution in [0.4, 0.5) is 0 Å². The molecule has 1 N–H and O–H groups in total. The number of fused-ring (bicyclic) bond motifs is 1. The van der Waals surface area contributed by atoms with Crippen molar-refractivity contribution in [2.24, 2.45) is 0 Å². The van der Waals surface area contributed by atoms with Crippen LogP contribution in [0, 0.1) is 0 Å². The van der Waals surface area contributed by atoms with E-state index in [1.165, 1.54) is 6.20 Å². The van der Waals surface area contributed by atoms with Gasteiger partial charge in [0.05, 0.1) is 6.07 Å². The molecule has 50 valence electrons. The van der Waals surface area contributed by atoms with Crippen molar-refractivity contribution in [3.63, 3.8) is 0 Å². The first-order valence-electron chi connectivity index (χ1n) is 2.95. The van der Waals surface area contributed by atoms with Gasteiger partial charge in [0.2, 0.25) is 0 Å². The van der Waals surface area contributed by atoms with E-state index in [9.17, 15) is 0 Å². The number of pyridine rings is 1. The maximum absolute atomic E-state index is 8.87. The van der Waals surface area contributed by atoms with Crippen molar-refractivity contribution in [3.05, 3.63) is 30.6 Å². The summed E-state index contributed by atoms with van der Waals surface area (Å²) in [5, 5.41) is 8.87. The van der Waals surface area contributed by atoms with Crippen LogP contribution in [0.25, 0.3) is 5.71 Å². The second-order valence-corrected chi connectivity index (χ2v) is 2.02. The summed E-state index contributed by atoms with van der Waals surface area (Å²) in [4.78, 5) is 0. The Morgan fingerprint density at radius 2 is 2.30 bits per heavy atom. The van der Waals surface area contributed by atoms with Gasteiger partial charge in [-0.25, -0.2) is 0 Å². The Morgan fingerprint density at radius 3 is 3.10 bits per heavy atom. The third kappa shape index (κ3) is 0.639. The standard InChI is InChI=1S/C7H5NO2/c9-7-5-8-4-2-1-3-6(8)10-7/h1-5H/p+1. The minimum absolute atomic E-state index is 0.0637. The third-order valence-electron chi connectivity index (χ3n) is 1.31. The molecule has 2 aromatic heterocycles. The van der Waals surface area contributed by atoms with E-state index in [1.807, 2.05) is 12.1 Å². The monoisotopic (exact) mass is 136 g/mol. The van der Waals surface area contributed by atoms with Crippen molar-refractivity contribution in [1.29, 1.82) is 0 Å². The van der Waals surface area contributed by atoms with Gasteiger partial charge in [-0.15, -0.1) is 4.40 Å². The van der Waals surface area contributed by atoms with Gasteiger partial charge in [-0.3, -0.25) is 0 Å². The zero-order valence-corrected chi connectivity index (χ0v) is 5.19. The zero-order chi connectivity index (χ0) is 6.97. The molecule has 0 unspecified atom stereocenters. The molecule has 2 rings (SSSR count). The lowest BCUT2D eigenvalue weighted by atomic mass is 10.5. The first-order chi connectivity index (χ1) is 4.86. The third-order valence-corrected chi connectivity index (χ3v) is 1.31. The highest BCUT2D eigenvalue weighted by molar-refractivity contribution is 5.24. The van der Waals surface area contributed by atoms with E-state index in [1.54, 1.807) is 16.7 Å². The van der Waals surface area contributed by atoms with Gasteiger partial charge in [0.15, 0.2) is 6.20 Å². The average molecular weight is 136 g/mol. The predicted octanol–water partition coefficient (Wildman–Crippen LogP) is 0.724. The summed E-state index contributed by atoms with van der Waals surface area (Å²) in [6.07, 6.45) is 3.31. The zero-order valence-electron chi connectivity index (χ0n) is 5.19. The summed E-state index contributed by atoms with van der Waals surface area (Å²) >= 11 is 0. The summed E-state index contributed by atoms with van der Waals surface area (Å²) in [7, 11) is 0. The number of rotatable bonds is 0. The van der Waals surface area contributed by atoms with Gasteiger partial charge in [-0.2, -0.15) is 0 Å². The number of aromatic hydroxyl groups is 1. The van der Waals surface area contributed by atoms with Gasteiger partial charge in [0.25, 0.3) is 6.20 Å². The lowest BCUT2D eigenvalue weighted by molar-refractivity contribution is -0.513. The van der Waals surface area contributed by atoms with Gasteiger partial charge in [0, 0.05) is 6.07 Å². The first-order valence-corrected chi connectivity index (χ1v) is 2.95. The smallest absolute Gasteiger partial charge is 0.381 e. The second-order valence-electron chi connectivity index (χ2n) is 2.02. The highest BCUT2D eigenvalue weighted by atomic mass is 16.5. The molecule has 0 radical (unpaired) electrons. The Bertz CT molecular complexity index is 320. The van der Waals surface area contributed by atoms with Crippen molar-refractivity contribution >= 4 is 5.71 Å². The van der Waals surface area contributed by atoms with E-state index in [0.717, 1.165) is 0 Å². The second kappa shape index (κ2) is 1.73. The molecule has 0 aliphatic rings. The molecule has 0 amide bonds. The van der Waals surface area contributed by atoms with Crippen LogP contribution < -0.4 is 4.40 Å². The van der Waals surface area contributed by atoms with Gasteiger partial charge in [-0.05, 0) is 6.07 Å². The molecule has 2 aromatic rings. The summed E-state index contributed by atoms with van der Waals surface area (Å²) < 4.78 is 6.59. The molecule has 0 aliphatic carbocycles. The number of aromatic nitrogens is 1. The van der Waals surface area contributed by atoms with Crippen LogP contribution in [0.5, 0.6) is 5.95 Å². The number of oxazole rings is 1. The van der Waals surface area contributed by atoms with E-state index in [4.69, 9.17) is 9.52 Å². The molecular formula is C7H6NO2+. The van der Waals surface area contributed by atoms with Crippen LogP contribution in [-0.4, -0.2) is 5.11 Å². The maximum Gasteiger partial charge on any atom is 0.381 e. The molecule has 0 spiro atoms. The molecule has 0 atom stereocenters. The summed E-state index contributed by atoms with van der Waals surface area (Å²) in [5.74, 6) is -0.0637. The Kier molecular flexibility index (Phi) is 0.917. The van der Waals surface area contributed by atoms with Crippen LogP contribution in [0.2, 0.25) is 0 Å². The van der Waals surface area contributed by atoms with Gasteiger partial charge in [0.1, 0.15) is 0 Å². The molecule has 3 nitrogen and oxygen atoms in total. The Labute approximate surface area is 57.1 Å². The fourth-order valence-electron chi connectivity index (χ4n) is 0.886. The molecule has 0 saturated carbocycles. The van der Waals surface area contributed by atoms with Crippen molar-refractivity contribution in [2.75, 3.05) is 0 Å². The summed E-state index contributed by atoms with van der Waals surface area (Å²) in [6, 6.07) is 5.49. The van der Waals surface area contributed by atoms with E-state index >= 15 is 0 Å². The van der Waals surface area contributed by atoms with Crippen molar-refractivity contribution in [1.82, 2.24) is 0 Å². The molecule has 0 aromatic carbocycles. The van der Waals surface area contributed by atoms with Crippen molar-refractivity contribution in [3.8, 4) is 5.95 Å². The normalized spacial score (nSPS) is 10.4. The first kappa shape index (κ1) is 5.29. The lowest BCUT2D eigenvalue weighted by Gasteiger charge is -1.73. The van der Waals surface area contributed by atoms with E-state index in [-0.39, 0.29) is 5.95 Å². The number of hydrogen-bond donors (Lipinski definition) is 1. The molecule has 0 bridgehead atoms. The molecule has 3 heteroatoms. The fraction of sp³-hybridized carbons (Fsp3) is 0. The molecule has 2 heterocycles. The van der Waals surface area contributed by atoms with E-state index < -0.39 is 0 Å². The minimum atomic E-state index is -0.0637. The van der Waals surface area contributed by atoms with Crippen molar-refractivity contribution in [2.45, 2.75) is 0 Å². The van der Waals surface area contributed by atoms with Crippen molar-refractivity contribution < 1.29 is 13.9 Å². The van der Waals surface area contributed by atoms with Crippen LogP contribution in [-0.2, 0) is 0 Å². The SMILES string of the molecule is Oc1c[n+]2ccccc2o1. The maximum atomic E-state index is 8.87. The highest BCUT2D eigenvalue weighted by Gasteiger charge is 2.06. The predicted molar refractivity (Wildman–Crippen MR) is 33.5 cm³/mol. The summed E-state index contributed by atoms with van der Waals surface area (Å²) in [6.45, 7) is 0. The Balaban J connectivity index is 2.88. The van der Waals surface area contributed by atoms with Crippen LogP contribution in [0.1, 0.15) is 0 Å². The Morgan fingerprint density at radius 1 is 1.40 bits per heavy atom. The number of nitrogens with zero attached hydrogens (tertiary/aromatic N) is 1. The molecule has 0 aliphatic heterocycles. The molecular weight excluding hydrogens is 130 g/mol. The van der Waals surface area contributed by atoms with Gasteiger partial charge >= 0.3 is 11.7 Å². The van der Waals surface area contributed by atoms with E-state index in [0.29, 0.717) is 5.71 Å². The highest BCUT2D eigenvalue weighted by Crippen LogP contribution is 2.07. The van der Waals surface area contributed by atoms with Gasteiger partial charge in [-0.1, -0.05) is 0 Å².